The first-order valence-electron chi connectivity index (χ1n) is 7.19. The van der Waals surface area contributed by atoms with E-state index in [0.29, 0.717) is 17.4 Å². The van der Waals surface area contributed by atoms with E-state index in [1.54, 1.807) is 7.11 Å². The summed E-state index contributed by atoms with van der Waals surface area (Å²) in [6, 6.07) is 5.72. The number of rotatable bonds is 3. The molecule has 1 fully saturated rings. The molecule has 4 nitrogen and oxygen atoms in total. The number of amides is 1. The van der Waals surface area contributed by atoms with Crippen LogP contribution in [0.15, 0.2) is 18.2 Å². The summed E-state index contributed by atoms with van der Waals surface area (Å²) in [7, 11) is 1.60. The van der Waals surface area contributed by atoms with Crippen LogP contribution in [0.1, 0.15) is 38.2 Å². The predicted octanol–water partition coefficient (Wildman–Crippen LogP) is 2.85. The molecule has 2 unspecified atom stereocenters. The summed E-state index contributed by atoms with van der Waals surface area (Å²) in [5.41, 5.74) is 7.33. The van der Waals surface area contributed by atoms with Gasteiger partial charge in [-0.25, -0.2) is 0 Å². The summed E-state index contributed by atoms with van der Waals surface area (Å²) in [6.07, 6.45) is 3.65. The fourth-order valence-electron chi connectivity index (χ4n) is 2.96. The van der Waals surface area contributed by atoms with Gasteiger partial charge in [0.1, 0.15) is 5.75 Å². The fraction of sp³-hybridized carbons (Fsp3) is 0.562. The van der Waals surface area contributed by atoms with E-state index >= 15 is 0 Å². The Labute approximate surface area is 120 Å². The van der Waals surface area contributed by atoms with E-state index in [2.05, 4.69) is 12.2 Å². The van der Waals surface area contributed by atoms with Crippen LogP contribution in [0, 0.1) is 12.8 Å². The van der Waals surface area contributed by atoms with E-state index in [-0.39, 0.29) is 5.91 Å². The van der Waals surface area contributed by atoms with Gasteiger partial charge in [-0.2, -0.15) is 0 Å². The lowest BCUT2D eigenvalue weighted by atomic mass is 9.76. The molecule has 2 atom stereocenters. The minimum Gasteiger partial charge on any atom is -0.495 e. The maximum atomic E-state index is 12.5. The highest BCUT2D eigenvalue weighted by Crippen LogP contribution is 2.33. The topological polar surface area (TPSA) is 64.3 Å². The second-order valence-electron chi connectivity index (χ2n) is 6.02. The fourth-order valence-corrected chi connectivity index (χ4v) is 2.96. The molecule has 0 spiro atoms. The van der Waals surface area contributed by atoms with Crippen LogP contribution in [0.25, 0.3) is 0 Å². The number of anilines is 1. The van der Waals surface area contributed by atoms with E-state index in [4.69, 9.17) is 10.5 Å². The average molecular weight is 276 g/mol. The molecular weight excluding hydrogens is 252 g/mol. The smallest absolute Gasteiger partial charge is 0.244 e. The lowest BCUT2D eigenvalue weighted by molar-refractivity contribution is -0.122. The van der Waals surface area contributed by atoms with Crippen molar-refractivity contribution >= 4 is 11.6 Å². The molecule has 1 amide bonds. The lowest BCUT2D eigenvalue weighted by Gasteiger charge is -2.35. The Morgan fingerprint density at radius 3 is 2.90 bits per heavy atom. The molecule has 4 heteroatoms. The Balaban J connectivity index is 2.17. The Morgan fingerprint density at radius 1 is 1.50 bits per heavy atom. The van der Waals surface area contributed by atoms with Gasteiger partial charge in [0.05, 0.1) is 18.3 Å². The number of hydrogen-bond donors (Lipinski definition) is 2. The third kappa shape index (κ3) is 3.12. The standard InChI is InChI=1S/C16H24N2O2/c1-11-6-7-14(20-3)13(9-11)18-15(19)16(17)8-4-5-12(2)10-16/h6-7,9,12H,4-5,8,10,17H2,1-3H3,(H,18,19). The van der Waals surface area contributed by atoms with Gasteiger partial charge in [0, 0.05) is 0 Å². The zero-order valence-electron chi connectivity index (χ0n) is 12.5. The van der Waals surface area contributed by atoms with Gasteiger partial charge in [-0.05, 0) is 43.4 Å². The molecule has 1 aliphatic rings. The van der Waals surface area contributed by atoms with Crippen LogP contribution in [0.4, 0.5) is 5.69 Å². The summed E-state index contributed by atoms with van der Waals surface area (Å²) in [4.78, 5) is 12.5. The number of nitrogens with one attached hydrogen (secondary N) is 1. The van der Waals surface area contributed by atoms with Crippen molar-refractivity contribution in [3.63, 3.8) is 0 Å². The Hall–Kier alpha value is -1.55. The number of nitrogens with two attached hydrogens (primary N) is 1. The van der Waals surface area contributed by atoms with Crippen LogP contribution in [0.3, 0.4) is 0 Å². The zero-order valence-corrected chi connectivity index (χ0v) is 12.5. The number of methoxy groups -OCH3 is 1. The molecule has 0 heterocycles. The average Bonchev–Trinajstić information content (AvgIpc) is 2.38. The van der Waals surface area contributed by atoms with Crippen LogP contribution in [-0.4, -0.2) is 18.6 Å². The van der Waals surface area contributed by atoms with Gasteiger partial charge >= 0.3 is 0 Å². The molecule has 20 heavy (non-hydrogen) atoms. The second kappa shape index (κ2) is 5.83. The largest absolute Gasteiger partial charge is 0.495 e. The molecule has 1 saturated carbocycles. The Bertz CT molecular complexity index is 501. The number of benzene rings is 1. The zero-order chi connectivity index (χ0) is 14.8. The molecule has 110 valence electrons. The van der Waals surface area contributed by atoms with Crippen LogP contribution in [-0.2, 0) is 4.79 Å². The molecule has 0 aliphatic heterocycles. The van der Waals surface area contributed by atoms with Crippen molar-refractivity contribution in [2.24, 2.45) is 11.7 Å². The van der Waals surface area contributed by atoms with Crippen molar-refractivity contribution in [3.8, 4) is 5.75 Å². The molecule has 1 aliphatic carbocycles. The van der Waals surface area contributed by atoms with E-state index in [1.807, 2.05) is 25.1 Å². The maximum Gasteiger partial charge on any atom is 0.244 e. The predicted molar refractivity (Wildman–Crippen MR) is 80.9 cm³/mol. The highest BCUT2D eigenvalue weighted by molar-refractivity contribution is 5.99. The number of aryl methyl sites for hydroxylation is 1. The minimum absolute atomic E-state index is 0.104. The third-order valence-electron chi connectivity index (χ3n) is 4.09. The molecule has 0 aromatic heterocycles. The molecule has 0 radical (unpaired) electrons. The maximum absolute atomic E-state index is 12.5. The summed E-state index contributed by atoms with van der Waals surface area (Å²) >= 11 is 0. The number of ether oxygens (including phenoxy) is 1. The minimum atomic E-state index is -0.758. The van der Waals surface area contributed by atoms with Gasteiger partial charge in [0.15, 0.2) is 0 Å². The number of carbonyl (C=O) groups is 1. The van der Waals surface area contributed by atoms with Gasteiger partial charge < -0.3 is 15.8 Å². The van der Waals surface area contributed by atoms with Gasteiger partial charge in [-0.15, -0.1) is 0 Å². The first kappa shape index (κ1) is 14.9. The Kier molecular flexibility index (Phi) is 4.33. The highest BCUT2D eigenvalue weighted by atomic mass is 16.5. The first-order valence-corrected chi connectivity index (χ1v) is 7.19. The number of hydrogen-bond acceptors (Lipinski definition) is 3. The van der Waals surface area contributed by atoms with Gasteiger partial charge in [0.25, 0.3) is 0 Å². The van der Waals surface area contributed by atoms with Crippen molar-refractivity contribution in [1.82, 2.24) is 0 Å². The van der Waals surface area contributed by atoms with Crippen LogP contribution < -0.4 is 15.8 Å². The van der Waals surface area contributed by atoms with Crippen molar-refractivity contribution in [1.29, 1.82) is 0 Å². The van der Waals surface area contributed by atoms with E-state index in [0.717, 1.165) is 31.2 Å². The van der Waals surface area contributed by atoms with Crippen molar-refractivity contribution in [2.45, 2.75) is 45.1 Å². The van der Waals surface area contributed by atoms with Gasteiger partial charge in [-0.3, -0.25) is 4.79 Å². The number of carbonyl (C=O) groups excluding carboxylic acids is 1. The molecule has 2 rings (SSSR count). The van der Waals surface area contributed by atoms with E-state index in [1.165, 1.54) is 0 Å². The van der Waals surface area contributed by atoms with Crippen LogP contribution >= 0.6 is 0 Å². The summed E-state index contributed by atoms with van der Waals surface area (Å²) in [5.74, 6) is 1.06. The van der Waals surface area contributed by atoms with E-state index < -0.39 is 5.54 Å². The van der Waals surface area contributed by atoms with Crippen molar-refractivity contribution < 1.29 is 9.53 Å². The second-order valence-corrected chi connectivity index (χ2v) is 6.02. The van der Waals surface area contributed by atoms with Crippen molar-refractivity contribution in [2.75, 3.05) is 12.4 Å². The molecular formula is C16H24N2O2. The monoisotopic (exact) mass is 276 g/mol. The molecule has 1 aromatic rings. The SMILES string of the molecule is COc1ccc(C)cc1NC(=O)C1(N)CCCC(C)C1. The van der Waals surface area contributed by atoms with Crippen molar-refractivity contribution in [3.05, 3.63) is 23.8 Å². The normalized spacial score (nSPS) is 26.1. The molecule has 0 bridgehead atoms. The van der Waals surface area contributed by atoms with Crippen LogP contribution in [0.5, 0.6) is 5.75 Å². The summed E-state index contributed by atoms with van der Waals surface area (Å²) in [6.45, 7) is 4.14. The van der Waals surface area contributed by atoms with Crippen LogP contribution in [0.2, 0.25) is 0 Å². The van der Waals surface area contributed by atoms with Gasteiger partial charge in [0.2, 0.25) is 5.91 Å². The highest BCUT2D eigenvalue weighted by Gasteiger charge is 2.38. The third-order valence-corrected chi connectivity index (χ3v) is 4.09. The summed E-state index contributed by atoms with van der Waals surface area (Å²) in [5, 5.41) is 2.94. The lowest BCUT2D eigenvalue weighted by Crippen LogP contribution is -2.53. The first-order chi connectivity index (χ1) is 9.44. The quantitative estimate of drug-likeness (QED) is 0.892. The Morgan fingerprint density at radius 2 is 2.25 bits per heavy atom. The van der Waals surface area contributed by atoms with Gasteiger partial charge in [-0.1, -0.05) is 25.8 Å². The molecule has 3 N–H and O–H groups in total. The summed E-state index contributed by atoms with van der Waals surface area (Å²) < 4.78 is 5.29. The molecule has 0 saturated heterocycles. The van der Waals surface area contributed by atoms with E-state index in [9.17, 15) is 4.79 Å². The molecule has 1 aromatic carbocycles.